The van der Waals surface area contributed by atoms with Gasteiger partial charge >= 0.3 is 0 Å². The number of rotatable bonds is 13. The first-order valence-corrected chi connectivity index (χ1v) is 11.3. The number of nitrogens with zero attached hydrogens (tertiary/aromatic N) is 1. The smallest absolute Gasteiger partial charge is 0.280 e. The van der Waals surface area contributed by atoms with Crippen molar-refractivity contribution in [2.24, 2.45) is 0 Å². The lowest BCUT2D eigenvalue weighted by atomic mass is 10.1. The zero-order valence-corrected chi connectivity index (χ0v) is 19.0. The van der Waals surface area contributed by atoms with Crippen molar-refractivity contribution >= 4 is 16.8 Å². The van der Waals surface area contributed by atoms with Gasteiger partial charge in [0, 0.05) is 17.5 Å². The van der Waals surface area contributed by atoms with Crippen LogP contribution in [-0.2, 0) is 4.79 Å². The predicted molar refractivity (Wildman–Crippen MR) is 126 cm³/mol. The number of hydrogen-bond acceptors (Lipinski definition) is 3. The molecule has 0 radical (unpaired) electrons. The number of carbonyl (C=O) groups is 1. The number of nitrogens with one attached hydrogen (secondary N) is 1. The maximum atomic E-state index is 14.0. The number of hydrogen-bond donors (Lipinski definition) is 1. The molecule has 168 valence electrons. The van der Waals surface area contributed by atoms with Gasteiger partial charge in [0.2, 0.25) is 5.88 Å². The average Bonchev–Trinajstić information content (AvgIpc) is 2.79. The Kier molecular flexibility index (Phi) is 10.8. The van der Waals surface area contributed by atoms with Gasteiger partial charge in [-0.2, -0.15) is 0 Å². The van der Waals surface area contributed by atoms with Crippen molar-refractivity contribution in [1.29, 1.82) is 0 Å². The van der Waals surface area contributed by atoms with E-state index >= 15 is 0 Å². The second-order valence-corrected chi connectivity index (χ2v) is 7.93. The summed E-state index contributed by atoms with van der Waals surface area (Å²) in [6.07, 6.45) is 10.7. The molecule has 2 rings (SSSR count). The number of para-hydroxylation sites is 1. The first kappa shape index (κ1) is 24.6. The van der Waals surface area contributed by atoms with E-state index in [1.54, 1.807) is 13.0 Å². The van der Waals surface area contributed by atoms with E-state index in [4.69, 9.17) is 4.74 Å². The van der Waals surface area contributed by atoms with Gasteiger partial charge in [-0.1, -0.05) is 56.5 Å². The summed E-state index contributed by atoms with van der Waals surface area (Å²) in [5.41, 5.74) is 1.33. The molecule has 1 N–H and O–H groups in total. The highest BCUT2D eigenvalue weighted by Gasteiger charge is 2.12. The molecule has 0 spiro atoms. The molecule has 1 aromatic heterocycles. The lowest BCUT2D eigenvalue weighted by Gasteiger charge is -2.10. The van der Waals surface area contributed by atoms with Crippen LogP contribution in [0, 0.1) is 0 Å². The minimum absolute atomic E-state index is 0.0238. The Bertz CT molecular complexity index is 892. The van der Waals surface area contributed by atoms with Crippen LogP contribution in [0.5, 0.6) is 5.88 Å². The fraction of sp³-hybridized carbons (Fsp3) is 0.462. The molecule has 1 aromatic carbocycles. The molecule has 0 aliphatic heterocycles. The number of benzene rings is 1. The van der Waals surface area contributed by atoms with Crippen molar-refractivity contribution in [3.05, 3.63) is 60.0 Å². The van der Waals surface area contributed by atoms with Gasteiger partial charge in [0.05, 0.1) is 12.1 Å². The SMILES string of the molecule is CCC(C)NC(=O)C(F)=C(C)C=CCCCCCCCOc1ccc2ccccc2n1. The van der Waals surface area contributed by atoms with Gasteiger partial charge in [-0.15, -0.1) is 0 Å². The number of ether oxygens (including phenoxy) is 1. The van der Waals surface area contributed by atoms with Crippen LogP contribution < -0.4 is 10.1 Å². The lowest BCUT2D eigenvalue weighted by Crippen LogP contribution is -2.32. The van der Waals surface area contributed by atoms with E-state index in [0.717, 1.165) is 55.8 Å². The highest BCUT2D eigenvalue weighted by atomic mass is 19.1. The van der Waals surface area contributed by atoms with E-state index in [9.17, 15) is 9.18 Å². The third-order valence-corrected chi connectivity index (χ3v) is 5.24. The summed E-state index contributed by atoms with van der Waals surface area (Å²) in [7, 11) is 0. The number of fused-ring (bicyclic) bond motifs is 1. The first-order valence-electron chi connectivity index (χ1n) is 11.3. The summed E-state index contributed by atoms with van der Waals surface area (Å²) in [5, 5.41) is 3.76. The molecule has 31 heavy (non-hydrogen) atoms. The number of unbranched alkanes of at least 4 members (excludes halogenated alkanes) is 5. The van der Waals surface area contributed by atoms with Crippen molar-refractivity contribution in [3.63, 3.8) is 0 Å². The summed E-state index contributed by atoms with van der Waals surface area (Å²) in [5.74, 6) is -0.646. The Labute approximate surface area is 185 Å². The summed E-state index contributed by atoms with van der Waals surface area (Å²) in [4.78, 5) is 16.3. The fourth-order valence-electron chi connectivity index (χ4n) is 3.10. The van der Waals surface area contributed by atoms with Crippen LogP contribution in [0.25, 0.3) is 10.9 Å². The third-order valence-electron chi connectivity index (χ3n) is 5.24. The van der Waals surface area contributed by atoms with Crippen molar-refractivity contribution < 1.29 is 13.9 Å². The highest BCUT2D eigenvalue weighted by molar-refractivity contribution is 5.92. The Balaban J connectivity index is 1.55. The van der Waals surface area contributed by atoms with Crippen LogP contribution in [0.15, 0.2) is 60.0 Å². The van der Waals surface area contributed by atoms with Gasteiger partial charge < -0.3 is 10.1 Å². The largest absolute Gasteiger partial charge is 0.478 e. The molecule has 0 fully saturated rings. The normalized spacial score (nSPS) is 13.3. The molecular weight excluding hydrogens is 391 g/mol. The standard InChI is InChI=1S/C26H35FN2O2/c1-4-21(3)28-26(30)25(27)20(2)14-10-8-6-5-7-9-13-19-31-24-18-17-22-15-11-12-16-23(22)29-24/h10-12,14-18,21H,4-9,13,19H2,1-3H3,(H,28,30). The topological polar surface area (TPSA) is 51.2 Å². The van der Waals surface area contributed by atoms with E-state index in [0.29, 0.717) is 18.1 Å². The molecule has 4 nitrogen and oxygen atoms in total. The van der Waals surface area contributed by atoms with E-state index in [1.165, 1.54) is 0 Å². The zero-order chi connectivity index (χ0) is 22.5. The first-order chi connectivity index (χ1) is 15.0. The maximum Gasteiger partial charge on any atom is 0.280 e. The van der Waals surface area contributed by atoms with E-state index in [-0.39, 0.29) is 6.04 Å². The van der Waals surface area contributed by atoms with Gasteiger partial charge in [0.15, 0.2) is 5.83 Å². The lowest BCUT2D eigenvalue weighted by molar-refractivity contribution is -0.119. The Morgan fingerprint density at radius 1 is 1.13 bits per heavy atom. The zero-order valence-electron chi connectivity index (χ0n) is 19.0. The molecule has 0 aliphatic carbocycles. The molecule has 0 saturated heterocycles. The van der Waals surface area contributed by atoms with Gasteiger partial charge in [0.25, 0.3) is 5.91 Å². The van der Waals surface area contributed by atoms with Gasteiger partial charge in [0.1, 0.15) is 0 Å². The molecule has 1 heterocycles. The average molecular weight is 427 g/mol. The fourth-order valence-corrected chi connectivity index (χ4v) is 3.10. The van der Waals surface area contributed by atoms with Gasteiger partial charge in [-0.3, -0.25) is 4.79 Å². The molecule has 1 atom stereocenters. The van der Waals surface area contributed by atoms with Crippen molar-refractivity contribution in [1.82, 2.24) is 10.3 Å². The Morgan fingerprint density at radius 2 is 1.87 bits per heavy atom. The number of amides is 1. The van der Waals surface area contributed by atoms with Crippen molar-refractivity contribution in [3.8, 4) is 5.88 Å². The predicted octanol–water partition coefficient (Wildman–Crippen LogP) is 6.67. The second-order valence-electron chi connectivity index (χ2n) is 7.93. The summed E-state index contributed by atoms with van der Waals surface area (Å²) in [6, 6.07) is 11.9. The van der Waals surface area contributed by atoms with Crippen LogP contribution in [0.1, 0.15) is 65.7 Å². The van der Waals surface area contributed by atoms with Crippen LogP contribution in [0.3, 0.4) is 0 Å². The number of halogens is 1. The number of pyridine rings is 1. The van der Waals surface area contributed by atoms with Gasteiger partial charge in [-0.05, 0) is 57.2 Å². The summed E-state index contributed by atoms with van der Waals surface area (Å²) < 4.78 is 19.8. The van der Waals surface area contributed by atoms with Crippen molar-refractivity contribution in [2.75, 3.05) is 6.61 Å². The molecule has 2 aromatic rings. The molecule has 1 unspecified atom stereocenters. The number of allylic oxidation sites excluding steroid dienone is 3. The number of aromatic nitrogens is 1. The van der Waals surface area contributed by atoms with Crippen LogP contribution in [0.4, 0.5) is 4.39 Å². The Morgan fingerprint density at radius 3 is 2.68 bits per heavy atom. The molecule has 0 aliphatic rings. The minimum atomic E-state index is -0.697. The number of carbonyl (C=O) groups excluding carboxylic acids is 1. The van der Waals surface area contributed by atoms with E-state index < -0.39 is 11.7 Å². The molecule has 0 bridgehead atoms. The van der Waals surface area contributed by atoms with Crippen LogP contribution in [-0.4, -0.2) is 23.5 Å². The molecular formula is C26H35FN2O2. The highest BCUT2D eigenvalue weighted by Crippen LogP contribution is 2.16. The molecule has 1 amide bonds. The monoisotopic (exact) mass is 426 g/mol. The summed E-state index contributed by atoms with van der Waals surface area (Å²) >= 11 is 0. The minimum Gasteiger partial charge on any atom is -0.478 e. The Hall–Kier alpha value is -2.69. The maximum absolute atomic E-state index is 14.0. The van der Waals surface area contributed by atoms with Crippen LogP contribution in [0.2, 0.25) is 0 Å². The van der Waals surface area contributed by atoms with Crippen LogP contribution >= 0.6 is 0 Å². The van der Waals surface area contributed by atoms with Gasteiger partial charge in [-0.25, -0.2) is 9.37 Å². The quantitative estimate of drug-likeness (QED) is 0.221. The van der Waals surface area contributed by atoms with E-state index in [2.05, 4.69) is 10.3 Å². The third kappa shape index (κ3) is 8.91. The summed E-state index contributed by atoms with van der Waals surface area (Å²) in [6.45, 7) is 6.12. The molecule has 0 saturated carbocycles. The van der Waals surface area contributed by atoms with E-state index in [1.807, 2.05) is 56.3 Å². The molecule has 5 heteroatoms. The second kappa shape index (κ2) is 13.6. The van der Waals surface area contributed by atoms with Crippen molar-refractivity contribution in [2.45, 2.75) is 71.8 Å².